The molecule has 0 aliphatic heterocycles. The molecular weight excluding hydrogens is 160 g/mol. The van der Waals surface area contributed by atoms with Gasteiger partial charge in [-0.2, -0.15) is 0 Å². The van der Waals surface area contributed by atoms with Crippen LogP contribution in [0.4, 0.5) is 0 Å². The van der Waals surface area contributed by atoms with Crippen LogP contribution < -0.4 is 0 Å². The molecular formula is C12H16O. The van der Waals surface area contributed by atoms with E-state index in [0.717, 1.165) is 24.8 Å². The molecule has 13 heavy (non-hydrogen) atoms. The maximum atomic E-state index is 9.87. The molecule has 0 spiro atoms. The smallest absolute Gasteiger partial charge is 0.0792 e. The zero-order valence-corrected chi connectivity index (χ0v) is 8.09. The van der Waals surface area contributed by atoms with Crippen LogP contribution in [-0.2, 0) is 6.42 Å². The Morgan fingerprint density at radius 2 is 2.15 bits per heavy atom. The number of aryl methyl sites for hydroxylation is 1. The first-order chi connectivity index (χ1) is 6.29. The van der Waals surface area contributed by atoms with Crippen LogP contribution >= 0.6 is 0 Å². The van der Waals surface area contributed by atoms with Gasteiger partial charge in [0.25, 0.3) is 0 Å². The van der Waals surface area contributed by atoms with Gasteiger partial charge in [-0.05, 0) is 42.9 Å². The number of benzene rings is 1. The summed E-state index contributed by atoms with van der Waals surface area (Å²) < 4.78 is 0. The van der Waals surface area contributed by atoms with Crippen LogP contribution in [0.3, 0.4) is 0 Å². The molecule has 0 radical (unpaired) electrons. The second-order valence-electron chi connectivity index (χ2n) is 3.90. The van der Waals surface area contributed by atoms with Crippen molar-refractivity contribution in [2.75, 3.05) is 0 Å². The highest BCUT2D eigenvalue weighted by atomic mass is 16.3. The molecule has 1 nitrogen and oxygen atoms in total. The van der Waals surface area contributed by atoms with Crippen molar-refractivity contribution in [2.24, 2.45) is 0 Å². The molecule has 0 aromatic heterocycles. The standard InChI is InChI=1S/C12H16O/c1-9-5-4-7-11-10(9)6-2-3-8-12(11)13/h4-5,7,12-13H,2-3,6,8H2,1H3. The van der Waals surface area contributed by atoms with E-state index < -0.39 is 0 Å². The summed E-state index contributed by atoms with van der Waals surface area (Å²) >= 11 is 0. The van der Waals surface area contributed by atoms with E-state index in [1.54, 1.807) is 0 Å². The van der Waals surface area contributed by atoms with Crippen molar-refractivity contribution in [3.05, 3.63) is 34.9 Å². The van der Waals surface area contributed by atoms with Crippen LogP contribution in [0.25, 0.3) is 0 Å². The minimum Gasteiger partial charge on any atom is -0.388 e. The van der Waals surface area contributed by atoms with Crippen LogP contribution in [0.15, 0.2) is 18.2 Å². The fourth-order valence-corrected chi connectivity index (χ4v) is 2.17. The summed E-state index contributed by atoms with van der Waals surface area (Å²) in [6, 6.07) is 6.25. The monoisotopic (exact) mass is 176 g/mol. The van der Waals surface area contributed by atoms with Crippen molar-refractivity contribution >= 4 is 0 Å². The second kappa shape index (κ2) is 3.51. The number of aliphatic hydroxyl groups is 1. The van der Waals surface area contributed by atoms with E-state index in [9.17, 15) is 5.11 Å². The van der Waals surface area contributed by atoms with E-state index in [1.165, 1.54) is 17.5 Å². The first-order valence-electron chi connectivity index (χ1n) is 5.05. The lowest BCUT2D eigenvalue weighted by Crippen LogP contribution is -1.99. The third-order valence-electron chi connectivity index (χ3n) is 2.96. The molecule has 1 aromatic rings. The van der Waals surface area contributed by atoms with Gasteiger partial charge in [0, 0.05) is 0 Å². The molecule has 0 saturated heterocycles. The summed E-state index contributed by atoms with van der Waals surface area (Å²) in [6.45, 7) is 2.14. The Hall–Kier alpha value is -0.820. The van der Waals surface area contributed by atoms with Gasteiger partial charge in [-0.15, -0.1) is 0 Å². The Labute approximate surface area is 79.4 Å². The highest BCUT2D eigenvalue weighted by Gasteiger charge is 2.16. The van der Waals surface area contributed by atoms with Crippen molar-refractivity contribution < 1.29 is 5.11 Å². The minimum absolute atomic E-state index is 0.225. The van der Waals surface area contributed by atoms with E-state index in [0.29, 0.717) is 0 Å². The van der Waals surface area contributed by atoms with Gasteiger partial charge in [-0.3, -0.25) is 0 Å². The summed E-state index contributed by atoms with van der Waals surface area (Å²) in [5.74, 6) is 0. The summed E-state index contributed by atoms with van der Waals surface area (Å²) in [5.41, 5.74) is 3.88. The molecule has 0 saturated carbocycles. The summed E-state index contributed by atoms with van der Waals surface area (Å²) in [4.78, 5) is 0. The molecule has 1 heteroatoms. The highest BCUT2D eigenvalue weighted by Crippen LogP contribution is 2.29. The van der Waals surface area contributed by atoms with Crippen LogP contribution in [0.5, 0.6) is 0 Å². The quantitative estimate of drug-likeness (QED) is 0.603. The second-order valence-corrected chi connectivity index (χ2v) is 3.90. The number of rotatable bonds is 0. The first-order valence-corrected chi connectivity index (χ1v) is 5.05. The molecule has 1 atom stereocenters. The molecule has 1 N–H and O–H groups in total. The van der Waals surface area contributed by atoms with E-state index in [2.05, 4.69) is 19.1 Å². The third kappa shape index (κ3) is 1.61. The largest absolute Gasteiger partial charge is 0.388 e. The van der Waals surface area contributed by atoms with Gasteiger partial charge in [-0.25, -0.2) is 0 Å². The van der Waals surface area contributed by atoms with Crippen molar-refractivity contribution in [3.8, 4) is 0 Å². The van der Waals surface area contributed by atoms with Crippen LogP contribution in [0.2, 0.25) is 0 Å². The zero-order chi connectivity index (χ0) is 9.26. The van der Waals surface area contributed by atoms with Crippen molar-refractivity contribution in [1.82, 2.24) is 0 Å². The van der Waals surface area contributed by atoms with E-state index >= 15 is 0 Å². The number of aliphatic hydroxyl groups excluding tert-OH is 1. The van der Waals surface area contributed by atoms with Crippen molar-refractivity contribution in [1.29, 1.82) is 0 Å². The first kappa shape index (κ1) is 8.76. The Bertz CT molecular complexity index is 304. The Morgan fingerprint density at radius 3 is 3.00 bits per heavy atom. The lowest BCUT2D eigenvalue weighted by Gasteiger charge is -2.12. The van der Waals surface area contributed by atoms with E-state index in [4.69, 9.17) is 0 Å². The molecule has 1 aromatic carbocycles. The maximum absolute atomic E-state index is 9.87. The summed E-state index contributed by atoms with van der Waals surface area (Å²) in [5, 5.41) is 9.87. The van der Waals surface area contributed by atoms with E-state index in [-0.39, 0.29) is 6.10 Å². The summed E-state index contributed by atoms with van der Waals surface area (Å²) in [6.07, 6.45) is 4.21. The molecule has 0 fully saturated rings. The van der Waals surface area contributed by atoms with E-state index in [1.807, 2.05) is 6.07 Å². The molecule has 1 aliphatic rings. The van der Waals surface area contributed by atoms with Gasteiger partial charge < -0.3 is 5.11 Å². The minimum atomic E-state index is -0.225. The van der Waals surface area contributed by atoms with Gasteiger partial charge in [-0.1, -0.05) is 24.6 Å². The zero-order valence-electron chi connectivity index (χ0n) is 8.09. The van der Waals surface area contributed by atoms with Crippen molar-refractivity contribution in [2.45, 2.75) is 38.7 Å². The fourth-order valence-electron chi connectivity index (χ4n) is 2.17. The fraction of sp³-hybridized carbons (Fsp3) is 0.500. The normalized spacial score (nSPS) is 22.2. The predicted octanol–water partition coefficient (Wildman–Crippen LogP) is 2.75. The predicted molar refractivity (Wildman–Crippen MR) is 53.7 cm³/mol. The number of fused-ring (bicyclic) bond motifs is 1. The third-order valence-corrected chi connectivity index (χ3v) is 2.96. The lowest BCUT2D eigenvalue weighted by atomic mass is 9.97. The highest BCUT2D eigenvalue weighted by molar-refractivity contribution is 5.36. The molecule has 1 unspecified atom stereocenters. The SMILES string of the molecule is Cc1cccc2c1CCCCC2O. The average Bonchev–Trinajstić information content (AvgIpc) is 2.30. The molecule has 70 valence electrons. The molecule has 0 amide bonds. The topological polar surface area (TPSA) is 20.2 Å². The van der Waals surface area contributed by atoms with Gasteiger partial charge >= 0.3 is 0 Å². The van der Waals surface area contributed by atoms with Gasteiger partial charge in [0.05, 0.1) is 6.10 Å². The van der Waals surface area contributed by atoms with Crippen LogP contribution in [0.1, 0.15) is 42.1 Å². The van der Waals surface area contributed by atoms with Gasteiger partial charge in [0.15, 0.2) is 0 Å². The Kier molecular flexibility index (Phi) is 2.36. The maximum Gasteiger partial charge on any atom is 0.0792 e. The lowest BCUT2D eigenvalue weighted by molar-refractivity contribution is 0.166. The van der Waals surface area contributed by atoms with Crippen molar-refractivity contribution in [3.63, 3.8) is 0 Å². The average molecular weight is 176 g/mol. The van der Waals surface area contributed by atoms with Crippen LogP contribution in [0, 0.1) is 6.92 Å². The molecule has 0 bridgehead atoms. The van der Waals surface area contributed by atoms with Gasteiger partial charge in [0.2, 0.25) is 0 Å². The Morgan fingerprint density at radius 1 is 1.31 bits per heavy atom. The number of hydrogen-bond donors (Lipinski definition) is 1. The number of hydrogen-bond acceptors (Lipinski definition) is 1. The molecule has 1 aliphatic carbocycles. The molecule has 2 rings (SSSR count). The Balaban J connectivity index is 2.47. The summed E-state index contributed by atoms with van der Waals surface area (Å²) in [7, 11) is 0. The molecule has 0 heterocycles. The van der Waals surface area contributed by atoms with Crippen LogP contribution in [-0.4, -0.2) is 5.11 Å². The van der Waals surface area contributed by atoms with Gasteiger partial charge in [0.1, 0.15) is 0 Å².